The van der Waals surface area contributed by atoms with Crippen molar-refractivity contribution in [3.8, 4) is 0 Å². The highest BCUT2D eigenvalue weighted by molar-refractivity contribution is 7.99. The SMILES string of the molecule is CN1/C(=C/C(=O)CSc2n[nH]c(C(C)(C)C)n2)C(C)(C)c2ccccc21. The molecule has 1 N–H and O–H groups in total. The Labute approximate surface area is 159 Å². The number of carbonyl (C=O) groups is 1. The Balaban J connectivity index is 1.73. The third-order valence-electron chi connectivity index (χ3n) is 4.76. The van der Waals surface area contributed by atoms with Crippen LogP contribution >= 0.6 is 11.8 Å². The van der Waals surface area contributed by atoms with Gasteiger partial charge in [-0.2, -0.15) is 0 Å². The summed E-state index contributed by atoms with van der Waals surface area (Å²) in [6.07, 6.45) is 1.77. The zero-order valence-corrected chi connectivity index (χ0v) is 17.1. The zero-order valence-electron chi connectivity index (χ0n) is 16.3. The zero-order chi connectivity index (χ0) is 19.1. The first-order valence-electron chi connectivity index (χ1n) is 8.74. The number of para-hydroxylation sites is 1. The lowest BCUT2D eigenvalue weighted by molar-refractivity contribution is -0.112. The van der Waals surface area contributed by atoms with Gasteiger partial charge >= 0.3 is 0 Å². The Kier molecular flexibility index (Phi) is 4.73. The van der Waals surface area contributed by atoms with Crippen LogP contribution in [0.4, 0.5) is 5.69 Å². The summed E-state index contributed by atoms with van der Waals surface area (Å²) in [5, 5.41) is 7.78. The van der Waals surface area contributed by atoms with E-state index in [0.717, 1.165) is 17.2 Å². The number of hydrogen-bond acceptors (Lipinski definition) is 5. The Bertz CT molecular complexity index is 861. The standard InChI is InChI=1S/C20H26N4OS/c1-19(2,3)17-21-18(23-22-17)26-12-13(25)11-16-20(4,5)14-9-7-8-10-15(14)24(16)6/h7-11H,12H2,1-6H3,(H,21,22,23)/b16-11+. The van der Waals surface area contributed by atoms with E-state index in [0.29, 0.717) is 10.9 Å². The number of aromatic amines is 1. The molecule has 0 bridgehead atoms. The Morgan fingerprint density at radius 3 is 2.62 bits per heavy atom. The molecule has 6 heteroatoms. The van der Waals surface area contributed by atoms with Crippen LogP contribution in [0, 0.1) is 0 Å². The quantitative estimate of drug-likeness (QED) is 0.649. The number of carbonyl (C=O) groups excluding carboxylic acids is 1. The number of aromatic nitrogens is 3. The summed E-state index contributed by atoms with van der Waals surface area (Å²) < 4.78 is 0. The molecular formula is C20H26N4OS. The van der Waals surface area contributed by atoms with Crippen LogP contribution in [0.3, 0.4) is 0 Å². The van der Waals surface area contributed by atoms with Gasteiger partial charge in [-0.05, 0) is 11.6 Å². The number of benzene rings is 1. The predicted molar refractivity (Wildman–Crippen MR) is 107 cm³/mol. The van der Waals surface area contributed by atoms with Crippen molar-refractivity contribution in [1.29, 1.82) is 0 Å². The molecule has 138 valence electrons. The van der Waals surface area contributed by atoms with Crippen molar-refractivity contribution in [2.45, 2.75) is 50.6 Å². The van der Waals surface area contributed by atoms with Crippen molar-refractivity contribution in [2.24, 2.45) is 0 Å². The minimum atomic E-state index is -0.185. The van der Waals surface area contributed by atoms with Gasteiger partial charge in [0.15, 0.2) is 5.78 Å². The summed E-state index contributed by atoms with van der Waals surface area (Å²) in [4.78, 5) is 19.2. The lowest BCUT2D eigenvalue weighted by atomic mass is 9.83. The van der Waals surface area contributed by atoms with E-state index in [1.165, 1.54) is 17.3 Å². The number of rotatable bonds is 4. The number of thioether (sulfide) groups is 1. The molecule has 0 saturated carbocycles. The van der Waals surface area contributed by atoms with E-state index in [9.17, 15) is 4.79 Å². The molecule has 0 atom stereocenters. The fourth-order valence-corrected chi connectivity index (χ4v) is 3.86. The molecule has 0 saturated heterocycles. The molecule has 0 amide bonds. The number of hydrogen-bond donors (Lipinski definition) is 1. The van der Waals surface area contributed by atoms with Crippen LogP contribution in [0.5, 0.6) is 0 Å². The Morgan fingerprint density at radius 2 is 2.00 bits per heavy atom. The topological polar surface area (TPSA) is 61.9 Å². The van der Waals surface area contributed by atoms with E-state index < -0.39 is 0 Å². The fourth-order valence-electron chi connectivity index (χ4n) is 3.24. The van der Waals surface area contributed by atoms with Gasteiger partial charge in [-0.1, -0.05) is 64.6 Å². The third-order valence-corrected chi connectivity index (χ3v) is 5.63. The van der Waals surface area contributed by atoms with Crippen molar-refractivity contribution < 1.29 is 4.79 Å². The predicted octanol–water partition coefficient (Wildman–Crippen LogP) is 4.07. The van der Waals surface area contributed by atoms with Gasteiger partial charge in [0.1, 0.15) is 5.82 Å². The number of allylic oxidation sites excluding steroid dienone is 2. The number of nitrogens with one attached hydrogen (secondary N) is 1. The molecule has 1 aliphatic heterocycles. The van der Waals surface area contributed by atoms with Crippen LogP contribution < -0.4 is 4.90 Å². The average molecular weight is 371 g/mol. The van der Waals surface area contributed by atoms with Crippen molar-refractivity contribution in [1.82, 2.24) is 15.2 Å². The first-order valence-corrected chi connectivity index (χ1v) is 9.73. The molecule has 1 aromatic heterocycles. The van der Waals surface area contributed by atoms with Crippen LogP contribution in [0.25, 0.3) is 0 Å². The summed E-state index contributed by atoms with van der Waals surface area (Å²) >= 11 is 1.37. The van der Waals surface area contributed by atoms with Gasteiger partial charge < -0.3 is 4.90 Å². The Hall–Kier alpha value is -2.08. The van der Waals surface area contributed by atoms with Crippen molar-refractivity contribution in [2.75, 3.05) is 17.7 Å². The number of H-pyrrole nitrogens is 1. The molecule has 2 heterocycles. The molecule has 3 rings (SSSR count). The molecule has 0 radical (unpaired) electrons. The van der Waals surface area contributed by atoms with Gasteiger partial charge in [0.25, 0.3) is 0 Å². The van der Waals surface area contributed by atoms with E-state index in [-0.39, 0.29) is 16.6 Å². The molecule has 26 heavy (non-hydrogen) atoms. The van der Waals surface area contributed by atoms with E-state index >= 15 is 0 Å². The molecule has 0 spiro atoms. The maximum atomic E-state index is 12.6. The molecule has 1 aromatic carbocycles. The van der Waals surface area contributed by atoms with E-state index in [1.54, 1.807) is 6.08 Å². The van der Waals surface area contributed by atoms with Gasteiger partial charge in [-0.15, -0.1) is 5.10 Å². The monoisotopic (exact) mass is 370 g/mol. The lowest BCUT2D eigenvalue weighted by Crippen LogP contribution is -2.24. The first-order chi connectivity index (χ1) is 12.1. The van der Waals surface area contributed by atoms with Crippen LogP contribution in [0.1, 0.15) is 46.0 Å². The van der Waals surface area contributed by atoms with E-state index in [4.69, 9.17) is 0 Å². The second-order valence-electron chi connectivity index (χ2n) is 8.20. The number of anilines is 1. The van der Waals surface area contributed by atoms with E-state index in [2.05, 4.69) is 66.8 Å². The molecule has 1 aliphatic rings. The summed E-state index contributed by atoms with van der Waals surface area (Å²) in [5.41, 5.74) is 3.16. The van der Waals surface area contributed by atoms with Crippen molar-refractivity contribution in [3.05, 3.63) is 47.4 Å². The number of nitrogens with zero attached hydrogens (tertiary/aromatic N) is 3. The second-order valence-corrected chi connectivity index (χ2v) is 9.14. The number of fused-ring (bicyclic) bond motifs is 1. The number of ketones is 1. The van der Waals surface area contributed by atoms with Crippen LogP contribution in [0.15, 0.2) is 41.2 Å². The Morgan fingerprint density at radius 1 is 1.31 bits per heavy atom. The highest BCUT2D eigenvalue weighted by Gasteiger charge is 2.38. The van der Waals surface area contributed by atoms with Gasteiger partial charge in [0, 0.05) is 35.3 Å². The maximum absolute atomic E-state index is 12.6. The average Bonchev–Trinajstić information content (AvgIpc) is 3.12. The molecule has 5 nitrogen and oxygen atoms in total. The smallest absolute Gasteiger partial charge is 0.208 e. The second kappa shape index (κ2) is 6.58. The van der Waals surface area contributed by atoms with Gasteiger partial charge in [0.05, 0.1) is 5.75 Å². The molecule has 0 unspecified atom stereocenters. The van der Waals surface area contributed by atoms with Gasteiger partial charge in [-0.25, -0.2) is 4.98 Å². The van der Waals surface area contributed by atoms with E-state index in [1.807, 2.05) is 19.2 Å². The highest BCUT2D eigenvalue weighted by atomic mass is 32.2. The first kappa shape index (κ1) is 18.7. The normalized spacial score (nSPS) is 17.6. The number of likely N-dealkylation sites (N-methyl/N-ethyl adjacent to an activating group) is 1. The van der Waals surface area contributed by atoms with Crippen molar-refractivity contribution >= 4 is 23.2 Å². The van der Waals surface area contributed by atoms with Gasteiger partial charge in [-0.3, -0.25) is 9.89 Å². The summed E-state index contributed by atoms with van der Waals surface area (Å²) in [5.74, 6) is 1.23. The van der Waals surface area contributed by atoms with Crippen LogP contribution in [-0.4, -0.2) is 33.8 Å². The molecule has 2 aromatic rings. The summed E-state index contributed by atoms with van der Waals surface area (Å²) in [7, 11) is 2.02. The minimum absolute atomic E-state index is 0.0693. The van der Waals surface area contributed by atoms with Crippen LogP contribution in [0.2, 0.25) is 0 Å². The van der Waals surface area contributed by atoms with Gasteiger partial charge in [0.2, 0.25) is 5.16 Å². The molecule has 0 aliphatic carbocycles. The largest absolute Gasteiger partial charge is 0.347 e. The van der Waals surface area contributed by atoms with Crippen molar-refractivity contribution in [3.63, 3.8) is 0 Å². The van der Waals surface area contributed by atoms with Crippen LogP contribution in [-0.2, 0) is 15.6 Å². The summed E-state index contributed by atoms with van der Waals surface area (Å²) in [6, 6.07) is 8.31. The molecular weight excluding hydrogens is 344 g/mol. The fraction of sp³-hybridized carbons (Fsp3) is 0.450. The lowest BCUT2D eigenvalue weighted by Gasteiger charge is -2.23. The summed E-state index contributed by atoms with van der Waals surface area (Å²) in [6.45, 7) is 10.5. The maximum Gasteiger partial charge on any atom is 0.208 e. The minimum Gasteiger partial charge on any atom is -0.347 e. The highest BCUT2D eigenvalue weighted by Crippen LogP contribution is 2.46. The third kappa shape index (κ3) is 3.43. The molecule has 0 fully saturated rings.